The fourth-order valence-electron chi connectivity index (χ4n) is 2.83. The lowest BCUT2D eigenvalue weighted by Gasteiger charge is -2.12. The predicted octanol–water partition coefficient (Wildman–Crippen LogP) is 1.85. The number of hydrogen-bond donors (Lipinski definition) is 3. The van der Waals surface area contributed by atoms with Crippen molar-refractivity contribution >= 4 is 27.5 Å². The first kappa shape index (κ1) is 18.2. The molecule has 2 amide bonds. The Morgan fingerprint density at radius 1 is 1.00 bits per heavy atom. The van der Waals surface area contributed by atoms with Crippen LogP contribution < -0.4 is 15.8 Å². The summed E-state index contributed by atoms with van der Waals surface area (Å²) >= 11 is 0. The second-order valence-electron chi connectivity index (χ2n) is 6.15. The number of furan rings is 1. The lowest BCUT2D eigenvalue weighted by atomic mass is 10.1. The van der Waals surface area contributed by atoms with E-state index in [-0.39, 0.29) is 17.7 Å². The van der Waals surface area contributed by atoms with Crippen molar-refractivity contribution in [2.75, 3.05) is 5.32 Å². The van der Waals surface area contributed by atoms with Gasteiger partial charge in [0.25, 0.3) is 21.8 Å². The predicted molar refractivity (Wildman–Crippen MR) is 94.2 cm³/mol. The van der Waals surface area contributed by atoms with Gasteiger partial charge >= 0.3 is 0 Å². The first-order chi connectivity index (χ1) is 12.3. The molecule has 0 aliphatic heterocycles. The van der Waals surface area contributed by atoms with E-state index in [0.29, 0.717) is 11.3 Å². The third-order valence-corrected chi connectivity index (χ3v) is 4.96. The minimum atomic E-state index is -4.00. The quantitative estimate of drug-likeness (QED) is 0.732. The molecule has 4 N–H and O–H groups in total. The Morgan fingerprint density at radius 2 is 1.65 bits per heavy atom. The molecule has 1 aliphatic carbocycles. The number of carbonyl (C=O) groups excluding carboxylic acids is 2. The van der Waals surface area contributed by atoms with Crippen LogP contribution in [0.2, 0.25) is 0 Å². The number of sulfonamides is 1. The topological polar surface area (TPSA) is 132 Å². The van der Waals surface area contributed by atoms with E-state index in [1.807, 2.05) is 0 Å². The van der Waals surface area contributed by atoms with E-state index < -0.39 is 21.0 Å². The van der Waals surface area contributed by atoms with Crippen molar-refractivity contribution in [2.24, 2.45) is 5.14 Å². The first-order valence-electron chi connectivity index (χ1n) is 8.18. The molecule has 1 aromatic heterocycles. The Labute approximate surface area is 150 Å². The van der Waals surface area contributed by atoms with Crippen LogP contribution in [0.1, 0.15) is 46.6 Å². The standard InChI is InChI=1S/C17H19N3O5S/c18-26(23,24)15-10-9-14(25-15)17(22)20-13-7-5-11(6-8-13)16(21)19-12-3-1-2-4-12/h5-10,12H,1-4H2,(H,19,21)(H,20,22)(H2,18,23,24). The Bertz CT molecular complexity index is 912. The Hall–Kier alpha value is -2.65. The smallest absolute Gasteiger partial charge is 0.291 e. The lowest BCUT2D eigenvalue weighted by Crippen LogP contribution is -2.32. The maximum Gasteiger partial charge on any atom is 0.291 e. The molecule has 1 aliphatic rings. The zero-order chi connectivity index (χ0) is 18.7. The van der Waals surface area contributed by atoms with Crippen LogP contribution in [0.4, 0.5) is 5.69 Å². The fraction of sp³-hybridized carbons (Fsp3) is 0.294. The largest absolute Gasteiger partial charge is 0.438 e. The summed E-state index contributed by atoms with van der Waals surface area (Å²) in [4.78, 5) is 24.3. The summed E-state index contributed by atoms with van der Waals surface area (Å²) in [6.07, 6.45) is 4.28. The van der Waals surface area contributed by atoms with Gasteiger partial charge in [0, 0.05) is 17.3 Å². The number of nitrogens with one attached hydrogen (secondary N) is 2. The highest BCUT2D eigenvalue weighted by Crippen LogP contribution is 2.19. The molecule has 9 heteroatoms. The summed E-state index contributed by atoms with van der Waals surface area (Å²) in [6, 6.07) is 8.96. The molecule has 0 saturated heterocycles. The highest BCUT2D eigenvalue weighted by Gasteiger charge is 2.19. The number of carbonyl (C=O) groups is 2. The van der Waals surface area contributed by atoms with Gasteiger partial charge in [-0.3, -0.25) is 9.59 Å². The van der Waals surface area contributed by atoms with Gasteiger partial charge in [0.15, 0.2) is 5.76 Å². The summed E-state index contributed by atoms with van der Waals surface area (Å²) in [5, 5.41) is 10.0. The van der Waals surface area contributed by atoms with Crippen LogP contribution in [0.5, 0.6) is 0 Å². The van der Waals surface area contributed by atoms with E-state index in [9.17, 15) is 18.0 Å². The molecule has 1 fully saturated rings. The minimum absolute atomic E-state index is 0.140. The van der Waals surface area contributed by atoms with Gasteiger partial charge in [-0.15, -0.1) is 0 Å². The Morgan fingerprint density at radius 3 is 2.23 bits per heavy atom. The SMILES string of the molecule is NS(=O)(=O)c1ccc(C(=O)Nc2ccc(C(=O)NC3CCCC3)cc2)o1. The molecule has 0 spiro atoms. The molecule has 138 valence electrons. The zero-order valence-electron chi connectivity index (χ0n) is 13.9. The highest BCUT2D eigenvalue weighted by atomic mass is 32.2. The fourth-order valence-corrected chi connectivity index (χ4v) is 3.30. The number of rotatable bonds is 5. The van der Waals surface area contributed by atoms with Gasteiger partial charge in [0.1, 0.15) is 0 Å². The van der Waals surface area contributed by atoms with Crippen molar-refractivity contribution in [3.63, 3.8) is 0 Å². The van der Waals surface area contributed by atoms with E-state index in [0.717, 1.165) is 31.7 Å². The van der Waals surface area contributed by atoms with E-state index in [2.05, 4.69) is 10.6 Å². The van der Waals surface area contributed by atoms with Crippen molar-refractivity contribution in [2.45, 2.75) is 36.8 Å². The van der Waals surface area contributed by atoms with Gasteiger partial charge in [-0.2, -0.15) is 0 Å². The second kappa shape index (κ2) is 7.30. The van der Waals surface area contributed by atoms with Gasteiger partial charge in [0.2, 0.25) is 5.09 Å². The van der Waals surface area contributed by atoms with Gasteiger partial charge in [-0.1, -0.05) is 12.8 Å². The molecular weight excluding hydrogens is 358 g/mol. The first-order valence-corrected chi connectivity index (χ1v) is 9.72. The molecule has 0 atom stereocenters. The molecular formula is C17H19N3O5S. The van der Waals surface area contributed by atoms with E-state index in [4.69, 9.17) is 9.56 Å². The maximum absolute atomic E-state index is 12.2. The number of anilines is 1. The van der Waals surface area contributed by atoms with E-state index in [1.54, 1.807) is 24.3 Å². The van der Waals surface area contributed by atoms with Crippen molar-refractivity contribution in [3.05, 3.63) is 47.7 Å². The van der Waals surface area contributed by atoms with Gasteiger partial charge in [-0.25, -0.2) is 13.6 Å². The molecule has 3 rings (SSSR count). The lowest BCUT2D eigenvalue weighted by molar-refractivity contribution is 0.0937. The number of amides is 2. The molecule has 26 heavy (non-hydrogen) atoms. The van der Waals surface area contributed by atoms with Crippen molar-refractivity contribution in [1.82, 2.24) is 5.32 Å². The Kier molecular flexibility index (Phi) is 5.10. The molecule has 1 heterocycles. The number of nitrogens with two attached hydrogens (primary N) is 1. The molecule has 2 aromatic rings. The molecule has 0 radical (unpaired) electrons. The summed E-state index contributed by atoms with van der Waals surface area (Å²) in [6.45, 7) is 0. The minimum Gasteiger partial charge on any atom is -0.438 e. The third-order valence-electron chi connectivity index (χ3n) is 4.18. The molecule has 0 bridgehead atoms. The van der Waals surface area contributed by atoms with E-state index in [1.165, 1.54) is 6.07 Å². The second-order valence-corrected chi connectivity index (χ2v) is 7.64. The van der Waals surface area contributed by atoms with Crippen LogP contribution in [0.25, 0.3) is 0 Å². The van der Waals surface area contributed by atoms with Gasteiger partial charge in [-0.05, 0) is 49.2 Å². The summed E-state index contributed by atoms with van der Waals surface area (Å²) in [5.74, 6) is -0.946. The summed E-state index contributed by atoms with van der Waals surface area (Å²) in [7, 11) is -4.00. The monoisotopic (exact) mass is 377 g/mol. The van der Waals surface area contributed by atoms with Crippen LogP contribution in [0.15, 0.2) is 45.9 Å². The van der Waals surface area contributed by atoms with Crippen LogP contribution in [-0.4, -0.2) is 26.3 Å². The molecule has 8 nitrogen and oxygen atoms in total. The number of hydrogen-bond acceptors (Lipinski definition) is 5. The summed E-state index contributed by atoms with van der Waals surface area (Å²) < 4.78 is 27.3. The molecule has 1 aromatic carbocycles. The summed E-state index contributed by atoms with van der Waals surface area (Å²) in [5.41, 5.74) is 0.949. The van der Waals surface area contributed by atoms with Crippen molar-refractivity contribution in [1.29, 1.82) is 0 Å². The van der Waals surface area contributed by atoms with Crippen LogP contribution >= 0.6 is 0 Å². The van der Waals surface area contributed by atoms with Crippen LogP contribution in [0.3, 0.4) is 0 Å². The highest BCUT2D eigenvalue weighted by molar-refractivity contribution is 7.89. The third kappa shape index (κ3) is 4.30. The van der Waals surface area contributed by atoms with Gasteiger partial charge in [0.05, 0.1) is 0 Å². The average Bonchev–Trinajstić information content (AvgIpc) is 3.26. The van der Waals surface area contributed by atoms with Crippen molar-refractivity contribution in [3.8, 4) is 0 Å². The molecule has 1 saturated carbocycles. The zero-order valence-corrected chi connectivity index (χ0v) is 14.7. The average molecular weight is 377 g/mol. The van der Waals surface area contributed by atoms with E-state index >= 15 is 0 Å². The molecule has 0 unspecified atom stereocenters. The van der Waals surface area contributed by atoms with Crippen LogP contribution in [0, 0.1) is 0 Å². The van der Waals surface area contributed by atoms with Crippen LogP contribution in [-0.2, 0) is 10.0 Å². The van der Waals surface area contributed by atoms with Gasteiger partial charge < -0.3 is 15.1 Å². The number of primary sulfonamides is 1. The number of benzene rings is 1. The Balaban J connectivity index is 1.62. The maximum atomic E-state index is 12.2. The normalized spacial score (nSPS) is 15.0. The van der Waals surface area contributed by atoms with Crippen molar-refractivity contribution < 1.29 is 22.4 Å².